The van der Waals surface area contributed by atoms with E-state index in [9.17, 15) is 14.0 Å². The first-order valence-corrected chi connectivity index (χ1v) is 13.5. The highest BCUT2D eigenvalue weighted by atomic mass is 19.1. The molecule has 9 heteroatoms. The lowest BCUT2D eigenvalue weighted by molar-refractivity contribution is -0.119. The molecule has 3 N–H and O–H groups in total. The number of anilines is 2. The summed E-state index contributed by atoms with van der Waals surface area (Å²) in [6.07, 6.45) is 4.53. The van der Waals surface area contributed by atoms with Gasteiger partial charge in [-0.2, -0.15) is 0 Å². The van der Waals surface area contributed by atoms with Gasteiger partial charge in [-0.15, -0.1) is 0 Å². The van der Waals surface area contributed by atoms with Crippen LogP contribution in [0.2, 0.25) is 0 Å². The van der Waals surface area contributed by atoms with E-state index in [1.807, 2.05) is 7.05 Å². The zero-order chi connectivity index (χ0) is 30.3. The van der Waals surface area contributed by atoms with Crippen molar-refractivity contribution in [3.8, 4) is 5.75 Å². The third-order valence-corrected chi connectivity index (χ3v) is 5.01. The average molecular weight is 559 g/mol. The van der Waals surface area contributed by atoms with Crippen molar-refractivity contribution in [3.63, 3.8) is 0 Å². The third kappa shape index (κ3) is 15.8. The Balaban J connectivity index is 0.00000130. The van der Waals surface area contributed by atoms with Crippen LogP contribution in [-0.4, -0.2) is 52.3 Å². The van der Waals surface area contributed by atoms with Crippen LogP contribution in [0.4, 0.5) is 21.5 Å². The Morgan fingerprint density at radius 1 is 1.07 bits per heavy atom. The van der Waals surface area contributed by atoms with Crippen molar-refractivity contribution >= 4 is 41.2 Å². The second kappa shape index (κ2) is 22.3. The molecule has 0 fully saturated rings. The SMILES string of the molecule is C=C(Nc1ccc(NC(=O)CC=O)cc1)c1c(F)cc(OCCOC)cc1N=CC.CCCC.CNCC(C)C. The highest BCUT2D eigenvalue weighted by Crippen LogP contribution is 2.33. The average Bonchev–Trinajstić information content (AvgIpc) is 2.90. The molecule has 2 rings (SSSR count). The van der Waals surface area contributed by atoms with Crippen LogP contribution in [0.25, 0.3) is 5.70 Å². The summed E-state index contributed by atoms with van der Waals surface area (Å²) in [4.78, 5) is 26.1. The summed E-state index contributed by atoms with van der Waals surface area (Å²) in [6.45, 7) is 16.2. The molecule has 222 valence electrons. The van der Waals surface area contributed by atoms with E-state index >= 15 is 0 Å². The van der Waals surface area contributed by atoms with E-state index < -0.39 is 11.7 Å². The first-order chi connectivity index (χ1) is 19.2. The maximum Gasteiger partial charge on any atom is 0.231 e. The largest absolute Gasteiger partial charge is 0.491 e. The summed E-state index contributed by atoms with van der Waals surface area (Å²) in [5, 5.41) is 8.70. The lowest BCUT2D eigenvalue weighted by Gasteiger charge is -2.15. The Labute approximate surface area is 239 Å². The number of carbonyl (C=O) groups excluding carboxylic acids is 2. The third-order valence-electron chi connectivity index (χ3n) is 5.01. The molecule has 0 aliphatic carbocycles. The number of aliphatic imine (C=N–C) groups is 1. The fourth-order valence-electron chi connectivity index (χ4n) is 3.00. The van der Waals surface area contributed by atoms with Crippen LogP contribution in [0.15, 0.2) is 48.0 Å². The fraction of sp³-hybridized carbons (Fsp3) is 0.452. The zero-order valence-corrected chi connectivity index (χ0v) is 25.1. The normalized spacial score (nSPS) is 10.2. The van der Waals surface area contributed by atoms with Gasteiger partial charge in [0.1, 0.15) is 24.5 Å². The summed E-state index contributed by atoms with van der Waals surface area (Å²) < 4.78 is 25.2. The number of unbranched alkanes of at least 4 members (excludes halogenated alkanes) is 1. The Kier molecular flexibility index (Phi) is 20.3. The van der Waals surface area contributed by atoms with Gasteiger partial charge in [0.25, 0.3) is 0 Å². The minimum Gasteiger partial charge on any atom is -0.491 e. The molecule has 0 heterocycles. The standard InChI is InChI=1S/C22H24FN3O4.C5H13N.C4H10/c1-4-24-20-14-18(30-12-11-29-3)13-19(23)22(20)15(2)25-16-5-7-17(8-6-16)26-21(28)9-10-27;1-5(2)4-6-3;1-3-4-2/h4-8,10,13-14,25H,2,9,11-12H2,1,3H3,(H,26,28);5-6H,4H2,1-3H3;3-4H2,1-2H3. The van der Waals surface area contributed by atoms with E-state index in [-0.39, 0.29) is 12.0 Å². The van der Waals surface area contributed by atoms with Gasteiger partial charge in [-0.05, 0) is 50.7 Å². The van der Waals surface area contributed by atoms with Crippen LogP contribution in [0.3, 0.4) is 0 Å². The second-order valence-corrected chi connectivity index (χ2v) is 9.08. The highest BCUT2D eigenvalue weighted by Gasteiger charge is 2.15. The molecule has 8 nitrogen and oxygen atoms in total. The molecule has 0 aliphatic heterocycles. The van der Waals surface area contributed by atoms with Gasteiger partial charge in [0, 0.05) is 42.5 Å². The number of hydrogen-bond acceptors (Lipinski definition) is 7. The molecule has 0 atom stereocenters. The molecule has 0 aliphatic rings. The van der Waals surface area contributed by atoms with Crippen molar-refractivity contribution < 1.29 is 23.5 Å². The topological polar surface area (TPSA) is 101 Å². The predicted octanol–water partition coefficient (Wildman–Crippen LogP) is 6.85. The predicted molar refractivity (Wildman–Crippen MR) is 165 cm³/mol. The van der Waals surface area contributed by atoms with Crippen LogP contribution in [0, 0.1) is 11.7 Å². The minimum atomic E-state index is -0.527. The van der Waals surface area contributed by atoms with Crippen molar-refractivity contribution in [2.75, 3.05) is 44.5 Å². The van der Waals surface area contributed by atoms with Crippen LogP contribution in [-0.2, 0) is 14.3 Å². The number of hydrogen-bond donors (Lipinski definition) is 3. The van der Waals surface area contributed by atoms with E-state index in [0.717, 1.165) is 12.5 Å². The van der Waals surface area contributed by atoms with Crippen molar-refractivity contribution in [2.24, 2.45) is 10.9 Å². The van der Waals surface area contributed by atoms with Gasteiger partial charge in [-0.3, -0.25) is 9.79 Å². The van der Waals surface area contributed by atoms with Gasteiger partial charge in [0.05, 0.1) is 24.3 Å². The molecule has 0 spiro atoms. The molecule has 40 heavy (non-hydrogen) atoms. The van der Waals surface area contributed by atoms with Crippen LogP contribution in [0.5, 0.6) is 5.75 Å². The van der Waals surface area contributed by atoms with Crippen LogP contribution in [0.1, 0.15) is 59.4 Å². The van der Waals surface area contributed by atoms with Gasteiger partial charge in [-0.25, -0.2) is 4.39 Å². The molecule has 0 aromatic heterocycles. The molecule has 2 aromatic carbocycles. The number of ether oxygens (including phenoxy) is 2. The van der Waals surface area contributed by atoms with Crippen LogP contribution < -0.4 is 20.7 Å². The number of methoxy groups -OCH3 is 1. The highest BCUT2D eigenvalue weighted by molar-refractivity contribution is 5.98. The minimum absolute atomic E-state index is 0.206. The molecule has 0 radical (unpaired) electrons. The number of halogens is 1. The molecule has 2 aromatic rings. The van der Waals surface area contributed by atoms with E-state index in [1.54, 1.807) is 50.6 Å². The van der Waals surface area contributed by atoms with Crippen LogP contribution >= 0.6 is 0 Å². The Bertz CT molecular complexity index is 1040. The molecule has 1 amide bonds. The van der Waals surface area contributed by atoms with Gasteiger partial charge in [-0.1, -0.05) is 47.1 Å². The van der Waals surface area contributed by atoms with Crippen molar-refractivity contribution in [2.45, 2.75) is 53.9 Å². The fourth-order valence-corrected chi connectivity index (χ4v) is 3.00. The number of nitrogens with zero attached hydrogens (tertiary/aromatic N) is 1. The maximum atomic E-state index is 14.8. The molecular formula is C31H47FN4O4. The number of amides is 1. The Morgan fingerprint density at radius 3 is 2.12 bits per heavy atom. The monoisotopic (exact) mass is 558 g/mol. The molecule has 0 saturated carbocycles. The Morgan fingerprint density at radius 2 is 1.68 bits per heavy atom. The first-order valence-electron chi connectivity index (χ1n) is 13.5. The van der Waals surface area contributed by atoms with E-state index in [2.05, 4.69) is 55.2 Å². The van der Waals surface area contributed by atoms with Gasteiger partial charge in [0.2, 0.25) is 5.91 Å². The van der Waals surface area contributed by atoms with E-state index in [1.165, 1.54) is 18.9 Å². The summed E-state index contributed by atoms with van der Waals surface area (Å²) in [5.41, 5.74) is 2.09. The number of rotatable bonds is 14. The van der Waals surface area contributed by atoms with Gasteiger partial charge < -0.3 is 30.2 Å². The zero-order valence-electron chi connectivity index (χ0n) is 25.1. The lowest BCUT2D eigenvalue weighted by atomic mass is 10.1. The lowest BCUT2D eigenvalue weighted by Crippen LogP contribution is -2.12. The summed E-state index contributed by atoms with van der Waals surface area (Å²) in [7, 11) is 3.53. The van der Waals surface area contributed by atoms with Gasteiger partial charge in [0.15, 0.2) is 0 Å². The molecule has 0 saturated heterocycles. The van der Waals surface area contributed by atoms with E-state index in [0.29, 0.717) is 48.0 Å². The van der Waals surface area contributed by atoms with Crippen molar-refractivity contribution in [1.29, 1.82) is 0 Å². The van der Waals surface area contributed by atoms with E-state index in [4.69, 9.17) is 9.47 Å². The second-order valence-electron chi connectivity index (χ2n) is 9.08. The van der Waals surface area contributed by atoms with Crippen molar-refractivity contribution in [1.82, 2.24) is 5.32 Å². The number of aldehydes is 1. The molecule has 0 unspecified atom stereocenters. The summed E-state index contributed by atoms with van der Waals surface area (Å²) >= 11 is 0. The quantitative estimate of drug-likeness (QED) is 0.101. The number of benzene rings is 2. The summed E-state index contributed by atoms with van der Waals surface area (Å²) in [5.74, 6) is 0.208. The molecular weight excluding hydrogens is 511 g/mol. The molecule has 0 bridgehead atoms. The Hall–Kier alpha value is -3.56. The smallest absolute Gasteiger partial charge is 0.231 e. The first kappa shape index (κ1) is 36.4. The van der Waals surface area contributed by atoms with Gasteiger partial charge >= 0.3 is 0 Å². The summed E-state index contributed by atoms with van der Waals surface area (Å²) in [6, 6.07) is 9.62. The number of carbonyl (C=O) groups is 2. The number of nitrogens with one attached hydrogen (secondary N) is 3. The van der Waals surface area contributed by atoms with Crippen molar-refractivity contribution in [3.05, 3.63) is 54.4 Å². The maximum absolute atomic E-state index is 14.8.